The number of nitrogens with zero attached hydrogens (tertiary/aromatic N) is 2. The zero-order chi connectivity index (χ0) is 20.4. The van der Waals surface area contributed by atoms with Crippen molar-refractivity contribution in [3.63, 3.8) is 0 Å². The average molecular weight is 389 g/mol. The Kier molecular flexibility index (Phi) is 5.72. The van der Waals surface area contributed by atoms with Crippen LogP contribution in [0.3, 0.4) is 0 Å². The SMILES string of the molecule is CCCCCCC[n+]1cc2c(c3ccccc31)-c1cc[n+](CCC)cc1C2(C)C. The molecule has 0 aliphatic heterocycles. The van der Waals surface area contributed by atoms with E-state index in [4.69, 9.17) is 0 Å². The lowest BCUT2D eigenvalue weighted by molar-refractivity contribution is -0.697. The van der Waals surface area contributed by atoms with Gasteiger partial charge >= 0.3 is 0 Å². The Morgan fingerprint density at radius 2 is 1.59 bits per heavy atom. The van der Waals surface area contributed by atoms with E-state index in [0.717, 1.165) is 19.5 Å². The van der Waals surface area contributed by atoms with Crippen molar-refractivity contribution in [3.8, 4) is 11.1 Å². The summed E-state index contributed by atoms with van der Waals surface area (Å²) in [6, 6.07) is 11.3. The maximum atomic E-state index is 2.52. The van der Waals surface area contributed by atoms with Crippen molar-refractivity contribution in [2.24, 2.45) is 0 Å². The highest BCUT2D eigenvalue weighted by Crippen LogP contribution is 2.49. The number of benzene rings is 1. The van der Waals surface area contributed by atoms with Crippen molar-refractivity contribution in [2.75, 3.05) is 0 Å². The largest absolute Gasteiger partial charge is 0.213 e. The molecule has 0 atom stereocenters. The van der Waals surface area contributed by atoms with E-state index >= 15 is 0 Å². The smallest absolute Gasteiger partial charge is 0.205 e. The standard InChI is InChI=1S/C27H36N2/c1-5-7-8-9-12-17-29-20-24-26(22-13-10-11-14-25(22)29)21-15-18-28(16-6-2)19-23(21)27(24,3)4/h10-11,13-15,18-20H,5-9,12,16-17H2,1-4H3/q+2. The Labute approximate surface area is 176 Å². The fourth-order valence-electron chi connectivity index (χ4n) is 5.00. The monoisotopic (exact) mass is 388 g/mol. The molecule has 0 amide bonds. The highest BCUT2D eigenvalue weighted by atomic mass is 15.0. The van der Waals surface area contributed by atoms with Crippen molar-refractivity contribution in [1.82, 2.24) is 0 Å². The van der Waals surface area contributed by atoms with E-state index in [1.807, 2.05) is 0 Å². The fourth-order valence-corrected chi connectivity index (χ4v) is 5.00. The molecule has 0 unspecified atom stereocenters. The molecule has 29 heavy (non-hydrogen) atoms. The summed E-state index contributed by atoms with van der Waals surface area (Å²) in [5.41, 5.74) is 7.23. The predicted octanol–water partition coefficient (Wildman–Crippen LogP) is 6.10. The first-order valence-corrected chi connectivity index (χ1v) is 11.6. The van der Waals surface area contributed by atoms with E-state index in [1.165, 1.54) is 65.3 Å². The number of hydrogen-bond donors (Lipinski definition) is 0. The second-order valence-corrected chi connectivity index (χ2v) is 9.18. The zero-order valence-electron chi connectivity index (χ0n) is 18.7. The minimum absolute atomic E-state index is 0.0371. The molecule has 0 bridgehead atoms. The second-order valence-electron chi connectivity index (χ2n) is 9.18. The molecular weight excluding hydrogens is 352 g/mol. The van der Waals surface area contributed by atoms with E-state index in [1.54, 1.807) is 0 Å². The van der Waals surface area contributed by atoms with Crippen molar-refractivity contribution in [1.29, 1.82) is 0 Å². The van der Waals surface area contributed by atoms with Gasteiger partial charge < -0.3 is 0 Å². The Bertz CT molecular complexity index is 1020. The third-order valence-electron chi connectivity index (χ3n) is 6.66. The van der Waals surface area contributed by atoms with Gasteiger partial charge in [-0.25, -0.2) is 4.57 Å². The summed E-state index contributed by atoms with van der Waals surface area (Å²) < 4.78 is 4.88. The molecule has 0 N–H and O–H groups in total. The number of rotatable bonds is 8. The molecule has 2 heteroatoms. The molecule has 1 aliphatic rings. The summed E-state index contributed by atoms with van der Waals surface area (Å²) in [7, 11) is 0. The van der Waals surface area contributed by atoms with Crippen LogP contribution in [0.25, 0.3) is 22.0 Å². The molecule has 0 saturated carbocycles. The quantitative estimate of drug-likeness (QED) is 0.325. The van der Waals surface area contributed by atoms with Gasteiger partial charge in [0.05, 0.1) is 5.39 Å². The van der Waals surface area contributed by atoms with Gasteiger partial charge in [-0.2, -0.15) is 4.57 Å². The topological polar surface area (TPSA) is 7.76 Å². The number of hydrogen-bond acceptors (Lipinski definition) is 0. The van der Waals surface area contributed by atoms with Crippen molar-refractivity contribution >= 4 is 10.9 Å². The lowest BCUT2D eigenvalue weighted by Crippen LogP contribution is -2.37. The molecule has 0 saturated heterocycles. The van der Waals surface area contributed by atoms with E-state index < -0.39 is 0 Å². The van der Waals surface area contributed by atoms with Gasteiger partial charge in [-0.15, -0.1) is 0 Å². The number of aryl methyl sites for hydroxylation is 2. The maximum Gasteiger partial charge on any atom is 0.213 e. The third kappa shape index (κ3) is 3.58. The molecule has 0 spiro atoms. The molecule has 3 aromatic rings. The molecule has 4 rings (SSSR count). The number of pyridine rings is 2. The number of fused-ring (bicyclic) bond motifs is 5. The van der Waals surface area contributed by atoms with Gasteiger partial charge in [-0.05, 0) is 18.1 Å². The lowest BCUT2D eigenvalue weighted by atomic mass is 9.83. The Morgan fingerprint density at radius 1 is 0.793 bits per heavy atom. The van der Waals surface area contributed by atoms with Crippen LogP contribution in [0.4, 0.5) is 0 Å². The van der Waals surface area contributed by atoms with Crippen LogP contribution in [0.1, 0.15) is 77.3 Å². The van der Waals surface area contributed by atoms with Gasteiger partial charge in [0, 0.05) is 47.1 Å². The molecular formula is C27H36N2+2. The van der Waals surface area contributed by atoms with Gasteiger partial charge in [-0.3, -0.25) is 0 Å². The van der Waals surface area contributed by atoms with Crippen molar-refractivity contribution in [3.05, 3.63) is 60.0 Å². The Morgan fingerprint density at radius 3 is 2.38 bits per heavy atom. The minimum Gasteiger partial charge on any atom is -0.205 e. The second kappa shape index (κ2) is 8.26. The van der Waals surface area contributed by atoms with Crippen LogP contribution >= 0.6 is 0 Å². The van der Waals surface area contributed by atoms with Crippen LogP contribution in [0.2, 0.25) is 0 Å². The first-order chi connectivity index (χ1) is 14.1. The summed E-state index contributed by atoms with van der Waals surface area (Å²) in [5, 5.41) is 1.40. The molecule has 2 aromatic heterocycles. The fraction of sp³-hybridized carbons (Fsp3) is 0.481. The molecule has 0 fully saturated rings. The maximum absolute atomic E-state index is 2.52. The normalized spacial score (nSPS) is 14.2. The first kappa shape index (κ1) is 20.1. The van der Waals surface area contributed by atoms with Gasteiger partial charge in [-0.1, -0.05) is 59.1 Å². The van der Waals surface area contributed by atoms with E-state index in [0.29, 0.717) is 0 Å². The number of unbranched alkanes of at least 4 members (excludes halogenated alkanes) is 4. The molecule has 2 heterocycles. The minimum atomic E-state index is 0.0371. The van der Waals surface area contributed by atoms with Crippen molar-refractivity contribution in [2.45, 2.75) is 84.7 Å². The number of aromatic nitrogens is 2. The lowest BCUT2D eigenvalue weighted by Gasteiger charge is -2.19. The van der Waals surface area contributed by atoms with E-state index in [9.17, 15) is 0 Å². The van der Waals surface area contributed by atoms with Crippen LogP contribution in [0, 0.1) is 0 Å². The van der Waals surface area contributed by atoms with Crippen LogP contribution in [0.5, 0.6) is 0 Å². The Balaban J connectivity index is 1.80. The average Bonchev–Trinajstić information content (AvgIpc) is 2.95. The molecule has 2 nitrogen and oxygen atoms in total. The van der Waals surface area contributed by atoms with Gasteiger partial charge in [0.1, 0.15) is 13.1 Å². The van der Waals surface area contributed by atoms with Crippen LogP contribution in [-0.4, -0.2) is 0 Å². The van der Waals surface area contributed by atoms with E-state index in [2.05, 4.69) is 85.8 Å². The van der Waals surface area contributed by atoms with Crippen LogP contribution < -0.4 is 9.13 Å². The Hall–Kier alpha value is -2.22. The highest BCUT2D eigenvalue weighted by Gasteiger charge is 2.41. The predicted molar refractivity (Wildman–Crippen MR) is 121 cm³/mol. The number of para-hydroxylation sites is 1. The molecule has 1 aliphatic carbocycles. The molecule has 152 valence electrons. The summed E-state index contributed by atoms with van der Waals surface area (Å²) in [6.07, 6.45) is 14.9. The summed E-state index contributed by atoms with van der Waals surface area (Å²) in [6.45, 7) is 11.5. The van der Waals surface area contributed by atoms with Gasteiger partial charge in [0.2, 0.25) is 5.52 Å². The summed E-state index contributed by atoms with van der Waals surface area (Å²) >= 11 is 0. The van der Waals surface area contributed by atoms with Crippen LogP contribution in [-0.2, 0) is 18.5 Å². The van der Waals surface area contributed by atoms with Gasteiger partial charge in [0.15, 0.2) is 18.6 Å². The van der Waals surface area contributed by atoms with Crippen molar-refractivity contribution < 1.29 is 9.13 Å². The molecule has 1 aromatic carbocycles. The van der Waals surface area contributed by atoms with E-state index in [-0.39, 0.29) is 5.41 Å². The zero-order valence-corrected chi connectivity index (χ0v) is 18.7. The summed E-state index contributed by atoms with van der Waals surface area (Å²) in [4.78, 5) is 0. The van der Waals surface area contributed by atoms with Crippen LogP contribution in [0.15, 0.2) is 48.9 Å². The third-order valence-corrected chi connectivity index (χ3v) is 6.66. The highest BCUT2D eigenvalue weighted by molar-refractivity contribution is 5.98. The van der Waals surface area contributed by atoms with Gasteiger partial charge in [0.25, 0.3) is 0 Å². The first-order valence-electron chi connectivity index (χ1n) is 11.6. The summed E-state index contributed by atoms with van der Waals surface area (Å²) in [5.74, 6) is 0. The molecule has 0 radical (unpaired) electrons.